The quantitative estimate of drug-likeness (QED) is 0.302. The molecule has 0 saturated carbocycles. The first kappa shape index (κ1) is 21.7. The number of hydrogen-bond acceptors (Lipinski definition) is 4. The van der Waals surface area contributed by atoms with Crippen molar-refractivity contribution < 1.29 is 19.0 Å². The Morgan fingerprint density at radius 3 is 2.53 bits per heavy atom. The van der Waals surface area contributed by atoms with Gasteiger partial charge in [0.1, 0.15) is 12.4 Å². The van der Waals surface area contributed by atoms with Crippen molar-refractivity contribution in [1.82, 2.24) is 0 Å². The molecular formula is C27H23ClO4. The Bertz CT molecular complexity index is 1190. The van der Waals surface area contributed by atoms with E-state index in [0.29, 0.717) is 41.1 Å². The smallest absolute Gasteiger partial charge is 0.343 e. The van der Waals surface area contributed by atoms with E-state index in [0.717, 1.165) is 16.7 Å². The molecule has 32 heavy (non-hydrogen) atoms. The van der Waals surface area contributed by atoms with E-state index in [9.17, 15) is 4.79 Å². The van der Waals surface area contributed by atoms with Crippen LogP contribution in [0.2, 0.25) is 5.02 Å². The second-order valence-corrected chi connectivity index (χ2v) is 7.86. The number of carbonyl (C=O) groups is 1. The van der Waals surface area contributed by atoms with Crippen LogP contribution in [0.1, 0.15) is 29.2 Å². The zero-order chi connectivity index (χ0) is 22.5. The molecule has 1 aliphatic rings. The van der Waals surface area contributed by atoms with Gasteiger partial charge in [0.05, 0.1) is 12.2 Å². The lowest BCUT2D eigenvalue weighted by Gasteiger charge is -2.13. The summed E-state index contributed by atoms with van der Waals surface area (Å²) in [5, 5.41) is 0.627. The fourth-order valence-electron chi connectivity index (χ4n) is 3.39. The summed E-state index contributed by atoms with van der Waals surface area (Å²) < 4.78 is 17.2. The highest BCUT2D eigenvalue weighted by molar-refractivity contribution is 6.30. The molecule has 0 unspecified atom stereocenters. The second kappa shape index (κ2) is 9.75. The zero-order valence-corrected chi connectivity index (χ0v) is 18.7. The van der Waals surface area contributed by atoms with Crippen LogP contribution in [0, 0.1) is 6.92 Å². The van der Waals surface area contributed by atoms with Gasteiger partial charge in [0.25, 0.3) is 0 Å². The molecule has 162 valence electrons. The van der Waals surface area contributed by atoms with Crippen molar-refractivity contribution in [3.8, 4) is 11.5 Å². The number of benzene rings is 3. The lowest BCUT2D eigenvalue weighted by Crippen LogP contribution is -2.00. The first-order valence-corrected chi connectivity index (χ1v) is 10.8. The fraction of sp³-hybridized carbons (Fsp3) is 0.148. The Balaban J connectivity index is 1.55. The predicted octanol–water partition coefficient (Wildman–Crippen LogP) is 6.61. The van der Waals surface area contributed by atoms with E-state index in [4.69, 9.17) is 25.8 Å². The number of cyclic esters (lactones) is 1. The molecule has 0 saturated heterocycles. The van der Waals surface area contributed by atoms with Gasteiger partial charge in [-0.2, -0.15) is 0 Å². The summed E-state index contributed by atoms with van der Waals surface area (Å²) >= 11 is 5.94. The minimum absolute atomic E-state index is 0.396. The average Bonchev–Trinajstić information content (AvgIpc) is 3.14. The number of esters is 1. The fourth-order valence-corrected chi connectivity index (χ4v) is 3.52. The minimum Gasteiger partial charge on any atom is -0.490 e. The Kier molecular flexibility index (Phi) is 6.62. The number of halogens is 1. The van der Waals surface area contributed by atoms with Gasteiger partial charge in [-0.3, -0.25) is 0 Å². The lowest BCUT2D eigenvalue weighted by molar-refractivity contribution is -0.130. The Labute approximate surface area is 192 Å². The number of hydrogen-bond donors (Lipinski definition) is 0. The summed E-state index contributed by atoms with van der Waals surface area (Å²) in [6, 6.07) is 21.0. The second-order valence-electron chi connectivity index (χ2n) is 7.42. The third-order valence-corrected chi connectivity index (χ3v) is 5.17. The van der Waals surface area contributed by atoms with E-state index >= 15 is 0 Å². The van der Waals surface area contributed by atoms with E-state index in [1.807, 2.05) is 49.4 Å². The molecule has 0 bridgehead atoms. The van der Waals surface area contributed by atoms with E-state index in [2.05, 4.69) is 19.1 Å². The molecule has 1 heterocycles. The molecule has 0 spiro atoms. The highest BCUT2D eigenvalue weighted by Crippen LogP contribution is 2.32. The third-order valence-electron chi connectivity index (χ3n) is 4.92. The molecular weight excluding hydrogens is 424 g/mol. The minimum atomic E-state index is -0.396. The van der Waals surface area contributed by atoms with Crippen molar-refractivity contribution in [1.29, 1.82) is 0 Å². The van der Waals surface area contributed by atoms with Crippen LogP contribution >= 0.6 is 11.6 Å². The molecule has 0 amide bonds. The van der Waals surface area contributed by atoms with Gasteiger partial charge in [0.15, 0.2) is 11.5 Å². The summed E-state index contributed by atoms with van der Waals surface area (Å²) in [5.41, 5.74) is 4.35. The van der Waals surface area contributed by atoms with Crippen molar-refractivity contribution in [2.24, 2.45) is 0 Å². The molecule has 0 N–H and O–H groups in total. The Hall–Kier alpha value is -3.50. The van der Waals surface area contributed by atoms with Crippen LogP contribution in [0.4, 0.5) is 0 Å². The van der Waals surface area contributed by atoms with Crippen LogP contribution in [-0.2, 0) is 16.1 Å². The standard InChI is InChI=1S/C27H23ClO4/c1-3-30-26-15-19(7-12-24(26)31-17-20-6-4-5-18(2)13-20)14-22-16-25(32-27(22)29)21-8-10-23(28)11-9-21/h4-16H,3,17H2,1-2H3/b22-14+. The molecule has 0 fully saturated rings. The molecule has 1 aliphatic heterocycles. The van der Waals surface area contributed by atoms with Gasteiger partial charge in [-0.1, -0.05) is 47.5 Å². The molecule has 4 rings (SSSR count). The topological polar surface area (TPSA) is 44.8 Å². The van der Waals surface area contributed by atoms with Crippen LogP contribution in [0.15, 0.2) is 78.4 Å². The monoisotopic (exact) mass is 446 g/mol. The maximum absolute atomic E-state index is 12.4. The molecule has 0 radical (unpaired) electrons. The maximum atomic E-state index is 12.4. The lowest BCUT2D eigenvalue weighted by atomic mass is 10.1. The Morgan fingerprint density at radius 2 is 1.78 bits per heavy atom. The average molecular weight is 447 g/mol. The van der Waals surface area contributed by atoms with Crippen molar-refractivity contribution in [2.75, 3.05) is 6.61 Å². The molecule has 0 aromatic heterocycles. The number of aryl methyl sites for hydroxylation is 1. The number of ether oxygens (including phenoxy) is 3. The molecule has 0 aliphatic carbocycles. The highest BCUT2D eigenvalue weighted by atomic mass is 35.5. The van der Waals surface area contributed by atoms with Crippen molar-refractivity contribution >= 4 is 29.4 Å². The van der Waals surface area contributed by atoms with Crippen molar-refractivity contribution in [3.05, 3.63) is 106 Å². The van der Waals surface area contributed by atoms with Crippen LogP contribution < -0.4 is 9.47 Å². The highest BCUT2D eigenvalue weighted by Gasteiger charge is 2.22. The van der Waals surface area contributed by atoms with E-state index < -0.39 is 5.97 Å². The van der Waals surface area contributed by atoms with E-state index in [1.54, 1.807) is 24.3 Å². The van der Waals surface area contributed by atoms with Crippen LogP contribution in [-0.4, -0.2) is 12.6 Å². The molecule has 4 nitrogen and oxygen atoms in total. The normalized spacial score (nSPS) is 14.3. The van der Waals surface area contributed by atoms with Crippen LogP contribution in [0.5, 0.6) is 11.5 Å². The largest absolute Gasteiger partial charge is 0.490 e. The number of carbonyl (C=O) groups excluding carboxylic acids is 1. The summed E-state index contributed by atoms with van der Waals surface area (Å²) in [4.78, 5) is 12.4. The maximum Gasteiger partial charge on any atom is 0.343 e. The first-order chi connectivity index (χ1) is 15.5. The first-order valence-electron chi connectivity index (χ1n) is 10.4. The zero-order valence-electron chi connectivity index (χ0n) is 17.9. The van der Waals surface area contributed by atoms with Gasteiger partial charge < -0.3 is 14.2 Å². The third kappa shape index (κ3) is 5.21. The van der Waals surface area contributed by atoms with Gasteiger partial charge >= 0.3 is 5.97 Å². The predicted molar refractivity (Wildman–Crippen MR) is 127 cm³/mol. The summed E-state index contributed by atoms with van der Waals surface area (Å²) in [6.07, 6.45) is 3.51. The molecule has 5 heteroatoms. The van der Waals surface area contributed by atoms with Gasteiger partial charge in [0, 0.05) is 10.6 Å². The number of rotatable bonds is 7. The summed E-state index contributed by atoms with van der Waals surface area (Å²) in [6.45, 7) is 4.92. The molecule has 0 atom stereocenters. The van der Waals surface area contributed by atoms with Crippen LogP contribution in [0.3, 0.4) is 0 Å². The van der Waals surface area contributed by atoms with Gasteiger partial charge in [-0.15, -0.1) is 0 Å². The molecule has 3 aromatic carbocycles. The van der Waals surface area contributed by atoms with Crippen LogP contribution in [0.25, 0.3) is 11.8 Å². The Morgan fingerprint density at radius 1 is 0.969 bits per heavy atom. The van der Waals surface area contributed by atoms with E-state index in [1.165, 1.54) is 5.56 Å². The summed E-state index contributed by atoms with van der Waals surface area (Å²) in [7, 11) is 0. The SMILES string of the molecule is CCOc1cc(/C=C2\C=C(c3ccc(Cl)cc3)OC2=O)ccc1OCc1cccc(C)c1. The van der Waals surface area contributed by atoms with Gasteiger partial charge in [-0.25, -0.2) is 4.79 Å². The van der Waals surface area contributed by atoms with E-state index in [-0.39, 0.29) is 0 Å². The molecule has 3 aromatic rings. The summed E-state index contributed by atoms with van der Waals surface area (Å²) in [5.74, 6) is 1.39. The van der Waals surface area contributed by atoms with Gasteiger partial charge in [0.2, 0.25) is 0 Å². The van der Waals surface area contributed by atoms with Crippen molar-refractivity contribution in [2.45, 2.75) is 20.5 Å². The van der Waals surface area contributed by atoms with Gasteiger partial charge in [-0.05, 0) is 73.5 Å². The van der Waals surface area contributed by atoms with Crippen molar-refractivity contribution in [3.63, 3.8) is 0 Å².